The van der Waals surface area contributed by atoms with Crippen LogP contribution in [0.2, 0.25) is 0 Å². The van der Waals surface area contributed by atoms with Crippen LogP contribution in [0.15, 0.2) is 31.9 Å². The van der Waals surface area contributed by atoms with E-state index in [4.69, 9.17) is 0 Å². The van der Waals surface area contributed by atoms with Gasteiger partial charge in [-0.25, -0.2) is 4.98 Å². The molecule has 0 spiro atoms. The summed E-state index contributed by atoms with van der Waals surface area (Å²) < 4.78 is 40.5. The quantitative estimate of drug-likeness (QED) is 0.543. The second kappa shape index (κ2) is 8.58. The van der Waals surface area contributed by atoms with Crippen LogP contribution in [0.25, 0.3) is 23.4 Å². The largest absolute Gasteiger partial charge is 0.417 e. The van der Waals surface area contributed by atoms with E-state index >= 15 is 0 Å². The molecule has 170 valence electrons. The van der Waals surface area contributed by atoms with Gasteiger partial charge in [0.15, 0.2) is 0 Å². The summed E-state index contributed by atoms with van der Waals surface area (Å²) in [6.45, 7) is 12.2. The smallest absolute Gasteiger partial charge is 0.380 e. The zero-order chi connectivity index (χ0) is 23.0. The summed E-state index contributed by atoms with van der Waals surface area (Å²) in [6, 6.07) is 2.25. The Morgan fingerprint density at radius 1 is 1.31 bits per heavy atom. The van der Waals surface area contributed by atoms with Gasteiger partial charge in [-0.2, -0.15) is 13.2 Å². The molecule has 0 aromatic carbocycles. The first-order valence-electron chi connectivity index (χ1n) is 10.8. The monoisotopic (exact) mass is 444 g/mol. The Hall–Kier alpha value is -2.87. The molecule has 2 aliphatic carbocycles. The third-order valence-corrected chi connectivity index (χ3v) is 6.35. The van der Waals surface area contributed by atoms with Gasteiger partial charge < -0.3 is 16.0 Å². The second-order valence-electron chi connectivity index (χ2n) is 8.62. The van der Waals surface area contributed by atoms with Crippen molar-refractivity contribution in [3.63, 3.8) is 0 Å². The SMILES string of the molecule is C=Cc1c(C(=C)NC2C3CNC2C3)cc(/C=C/CNC(=O)C2CC2)nc1C(=C)C(F)(F)F. The number of amides is 1. The number of pyridine rings is 1. The summed E-state index contributed by atoms with van der Waals surface area (Å²) in [5, 5.41) is 9.57. The third kappa shape index (κ3) is 4.50. The van der Waals surface area contributed by atoms with Crippen molar-refractivity contribution in [1.29, 1.82) is 0 Å². The summed E-state index contributed by atoms with van der Waals surface area (Å²) in [5.41, 5.74) is 0.281. The summed E-state index contributed by atoms with van der Waals surface area (Å²) >= 11 is 0. The fourth-order valence-electron chi connectivity index (χ4n) is 4.28. The Kier molecular flexibility index (Phi) is 5.99. The zero-order valence-electron chi connectivity index (χ0n) is 17.8. The maximum absolute atomic E-state index is 13.5. The lowest BCUT2D eigenvalue weighted by Crippen LogP contribution is -2.51. The van der Waals surface area contributed by atoms with E-state index < -0.39 is 11.7 Å². The lowest BCUT2D eigenvalue weighted by molar-refractivity contribution is -0.122. The normalized spacial score (nSPS) is 24.2. The van der Waals surface area contributed by atoms with Crippen LogP contribution in [0.5, 0.6) is 0 Å². The molecule has 3 unspecified atom stereocenters. The van der Waals surface area contributed by atoms with E-state index in [2.05, 4.69) is 40.7 Å². The Morgan fingerprint density at radius 3 is 2.62 bits per heavy atom. The molecular weight excluding hydrogens is 417 g/mol. The van der Waals surface area contributed by atoms with Crippen LogP contribution in [0.1, 0.15) is 41.8 Å². The second-order valence-corrected chi connectivity index (χ2v) is 8.62. The summed E-state index contributed by atoms with van der Waals surface area (Å²) in [7, 11) is 0. The summed E-state index contributed by atoms with van der Waals surface area (Å²) in [6.07, 6.45) is 2.89. The minimum Gasteiger partial charge on any atom is -0.380 e. The van der Waals surface area contributed by atoms with Crippen molar-refractivity contribution in [2.45, 2.75) is 37.5 Å². The van der Waals surface area contributed by atoms with Gasteiger partial charge in [0.25, 0.3) is 0 Å². The Morgan fingerprint density at radius 2 is 2.06 bits per heavy atom. The fraction of sp³-hybridized carbons (Fsp3) is 0.417. The van der Waals surface area contributed by atoms with E-state index in [0.29, 0.717) is 28.9 Å². The number of carbonyl (C=O) groups excluding carboxylic acids is 1. The molecule has 3 atom stereocenters. The van der Waals surface area contributed by atoms with E-state index in [0.717, 1.165) is 25.8 Å². The number of rotatable bonds is 9. The van der Waals surface area contributed by atoms with Gasteiger partial charge >= 0.3 is 6.18 Å². The molecule has 2 bridgehead atoms. The lowest BCUT2D eigenvalue weighted by atomic mass is 9.80. The highest BCUT2D eigenvalue weighted by molar-refractivity contribution is 5.82. The number of allylic oxidation sites excluding steroid dienone is 1. The molecule has 8 heteroatoms. The van der Waals surface area contributed by atoms with Gasteiger partial charge in [-0.15, -0.1) is 0 Å². The molecular formula is C24H27F3N4O. The average Bonchev–Trinajstić information content (AvgIpc) is 3.37. The zero-order valence-corrected chi connectivity index (χ0v) is 17.8. The molecule has 3 N–H and O–H groups in total. The van der Waals surface area contributed by atoms with Crippen molar-refractivity contribution in [3.8, 4) is 0 Å². The fourth-order valence-corrected chi connectivity index (χ4v) is 4.28. The van der Waals surface area contributed by atoms with E-state index in [1.165, 1.54) is 6.08 Å². The van der Waals surface area contributed by atoms with Crippen LogP contribution in [0.3, 0.4) is 0 Å². The van der Waals surface area contributed by atoms with E-state index in [9.17, 15) is 18.0 Å². The first-order chi connectivity index (χ1) is 15.2. The predicted octanol–water partition coefficient (Wildman–Crippen LogP) is 3.76. The maximum atomic E-state index is 13.5. The lowest BCUT2D eigenvalue weighted by Gasteiger charge is -2.36. The third-order valence-electron chi connectivity index (χ3n) is 6.35. The van der Waals surface area contributed by atoms with Crippen molar-refractivity contribution >= 4 is 29.3 Å². The van der Waals surface area contributed by atoms with Crippen LogP contribution in [-0.4, -0.2) is 42.2 Å². The average molecular weight is 445 g/mol. The number of carbonyl (C=O) groups is 1. The van der Waals surface area contributed by atoms with E-state index in [1.807, 2.05) is 0 Å². The Balaban J connectivity index is 1.60. The molecule has 2 aliphatic heterocycles. The van der Waals surface area contributed by atoms with Gasteiger partial charge in [0.1, 0.15) is 0 Å². The summed E-state index contributed by atoms with van der Waals surface area (Å²) in [4.78, 5) is 16.0. The predicted molar refractivity (Wildman–Crippen MR) is 120 cm³/mol. The number of halogens is 3. The molecule has 2 saturated carbocycles. The van der Waals surface area contributed by atoms with E-state index in [1.54, 1.807) is 18.2 Å². The number of fused-ring (bicyclic) bond motifs is 1. The Bertz CT molecular complexity index is 980. The maximum Gasteiger partial charge on any atom is 0.417 e. The summed E-state index contributed by atoms with van der Waals surface area (Å²) in [5.74, 6) is 0.579. The van der Waals surface area contributed by atoms with Crippen molar-refractivity contribution in [2.24, 2.45) is 11.8 Å². The molecule has 2 saturated heterocycles. The highest BCUT2D eigenvalue weighted by atomic mass is 19.4. The highest BCUT2D eigenvalue weighted by Crippen LogP contribution is 2.38. The van der Waals surface area contributed by atoms with Crippen LogP contribution < -0.4 is 16.0 Å². The van der Waals surface area contributed by atoms with Crippen molar-refractivity contribution in [2.75, 3.05) is 13.1 Å². The highest BCUT2D eigenvalue weighted by Gasteiger charge is 2.46. The van der Waals surface area contributed by atoms with Crippen LogP contribution in [0, 0.1) is 11.8 Å². The van der Waals surface area contributed by atoms with Crippen molar-refractivity contribution in [3.05, 3.63) is 54.4 Å². The molecule has 1 amide bonds. The molecule has 3 heterocycles. The van der Waals surface area contributed by atoms with Crippen LogP contribution in [0.4, 0.5) is 13.2 Å². The molecule has 4 aliphatic rings. The molecule has 5 nitrogen and oxygen atoms in total. The van der Waals surface area contributed by atoms with Gasteiger partial charge in [0.05, 0.1) is 17.0 Å². The number of nitrogens with zero attached hydrogens (tertiary/aromatic N) is 1. The molecule has 0 radical (unpaired) electrons. The molecule has 32 heavy (non-hydrogen) atoms. The molecule has 1 aromatic heterocycles. The first-order valence-corrected chi connectivity index (χ1v) is 10.8. The van der Waals surface area contributed by atoms with Crippen molar-refractivity contribution in [1.82, 2.24) is 20.9 Å². The number of aromatic nitrogens is 1. The van der Waals surface area contributed by atoms with Crippen molar-refractivity contribution < 1.29 is 18.0 Å². The van der Waals surface area contributed by atoms with Gasteiger partial charge in [-0.1, -0.05) is 31.9 Å². The van der Waals surface area contributed by atoms with Gasteiger partial charge in [0.2, 0.25) is 5.91 Å². The standard InChI is InChI=1S/C24H27F3N4O/c1-4-18-19(14(3)30-22-16-10-20(22)29-12-16)11-17(31-21(18)13(2)24(25,26)27)6-5-9-28-23(32)15-7-8-15/h4-6,11,15-16,20,22,29-30H,1-3,7-10,12H2,(H,28,32)/b6-5+. The Labute approximate surface area is 185 Å². The van der Waals surface area contributed by atoms with Crippen LogP contribution in [-0.2, 0) is 4.79 Å². The minimum atomic E-state index is -4.63. The van der Waals surface area contributed by atoms with Gasteiger partial charge in [0, 0.05) is 47.9 Å². The molecule has 4 fully saturated rings. The van der Waals surface area contributed by atoms with Gasteiger partial charge in [-0.05, 0) is 37.3 Å². The van der Waals surface area contributed by atoms with Gasteiger partial charge in [-0.3, -0.25) is 4.79 Å². The molecule has 1 aromatic rings. The van der Waals surface area contributed by atoms with Crippen LogP contribution >= 0.6 is 0 Å². The number of hydrogen-bond donors (Lipinski definition) is 3. The first kappa shape index (κ1) is 22.3. The number of nitrogens with one attached hydrogen (secondary N) is 3. The molecule has 5 rings (SSSR count). The minimum absolute atomic E-state index is 0.00208. The number of hydrogen-bond acceptors (Lipinski definition) is 4. The topological polar surface area (TPSA) is 66.0 Å². The van der Waals surface area contributed by atoms with E-state index in [-0.39, 0.29) is 35.7 Å². The number of alkyl halides is 3.